The molecule has 6 aliphatic rings. The molecule has 5 saturated carbocycles. The van der Waals surface area contributed by atoms with Crippen molar-refractivity contribution in [1.82, 2.24) is 4.90 Å². The number of piperidine rings is 1. The van der Waals surface area contributed by atoms with Gasteiger partial charge in [-0.1, -0.05) is 0 Å². The number of hydrogen-bond donors (Lipinski definition) is 2. The molecule has 1 heterocycles. The fourth-order valence-corrected chi connectivity index (χ4v) is 7.92. The van der Waals surface area contributed by atoms with Crippen LogP contribution in [-0.4, -0.2) is 47.0 Å². The lowest BCUT2D eigenvalue weighted by Gasteiger charge is -2.61. The van der Waals surface area contributed by atoms with Gasteiger partial charge in [0, 0.05) is 25.4 Å². The summed E-state index contributed by atoms with van der Waals surface area (Å²) in [6, 6.07) is 2.40. The first-order valence-corrected chi connectivity index (χ1v) is 12.3. The molecule has 6 rings (SSSR count). The zero-order valence-electron chi connectivity index (χ0n) is 18.8. The molecule has 5 unspecified atom stereocenters. The Balaban J connectivity index is 1.21. The summed E-state index contributed by atoms with van der Waals surface area (Å²) in [5.74, 6) is 1.72. The highest BCUT2D eigenvalue weighted by molar-refractivity contribution is 5.79. The molecular weight excluding hydrogens is 406 g/mol. The lowest BCUT2D eigenvalue weighted by atomic mass is 9.47. The number of likely N-dealkylation sites (tertiary alicyclic amines) is 1. The Morgan fingerprint density at radius 1 is 1.09 bits per heavy atom. The first kappa shape index (κ1) is 21.5. The van der Waals surface area contributed by atoms with Gasteiger partial charge in [-0.2, -0.15) is 5.26 Å². The number of guanidine groups is 1. The van der Waals surface area contributed by atoms with Gasteiger partial charge in [0.15, 0.2) is 5.96 Å². The van der Waals surface area contributed by atoms with Crippen LogP contribution in [-0.2, 0) is 14.3 Å². The molecule has 4 bridgehead atoms. The quantitative estimate of drug-likeness (QED) is 0.257. The standard InChI is InChI=1S/C24H35N5O3/c25-13-18-6-17-7-19(17)29(18)20(30)12-23-8-15-5-16(9-23)11-24(10-15,14-23)32-21(31)3-1-2-4-28-22(26)27/h15-19H,1-12,14H2,(H4,26,27,28). The van der Waals surface area contributed by atoms with Gasteiger partial charge >= 0.3 is 5.97 Å². The summed E-state index contributed by atoms with van der Waals surface area (Å²) in [6.45, 7) is 0.526. The third-order valence-corrected chi connectivity index (χ3v) is 8.61. The number of hydrogen-bond acceptors (Lipinski definition) is 5. The normalized spacial score (nSPS) is 40.5. The fourth-order valence-electron chi connectivity index (χ4n) is 7.92. The molecule has 0 aromatic heterocycles. The van der Waals surface area contributed by atoms with Crippen LogP contribution >= 0.6 is 0 Å². The number of aliphatic imine (C=N–C) groups is 1. The van der Waals surface area contributed by atoms with Crippen LogP contribution in [0.3, 0.4) is 0 Å². The lowest BCUT2D eigenvalue weighted by Crippen LogP contribution is -2.58. The highest BCUT2D eigenvalue weighted by Crippen LogP contribution is 2.64. The van der Waals surface area contributed by atoms with E-state index in [9.17, 15) is 14.9 Å². The molecule has 5 atom stereocenters. The number of rotatable bonds is 8. The number of nitriles is 1. The van der Waals surface area contributed by atoms with Crippen LogP contribution in [0.2, 0.25) is 0 Å². The van der Waals surface area contributed by atoms with Gasteiger partial charge < -0.3 is 21.1 Å². The molecule has 8 heteroatoms. The fraction of sp³-hybridized carbons (Fsp3) is 0.833. The largest absolute Gasteiger partial charge is 0.459 e. The first-order valence-electron chi connectivity index (χ1n) is 12.3. The molecule has 1 aliphatic heterocycles. The Hall–Kier alpha value is -2.30. The first-order chi connectivity index (χ1) is 15.3. The predicted octanol–water partition coefficient (Wildman–Crippen LogP) is 2.22. The van der Waals surface area contributed by atoms with Gasteiger partial charge in [0.2, 0.25) is 5.91 Å². The summed E-state index contributed by atoms with van der Waals surface area (Å²) in [4.78, 5) is 31.9. The Kier molecular flexibility index (Phi) is 5.34. The second-order valence-corrected chi connectivity index (χ2v) is 11.3. The van der Waals surface area contributed by atoms with Gasteiger partial charge in [-0.25, -0.2) is 0 Å². The maximum absolute atomic E-state index is 13.4. The topological polar surface area (TPSA) is 135 Å². The van der Waals surface area contributed by atoms with E-state index in [0.717, 1.165) is 51.4 Å². The molecule has 8 nitrogen and oxygen atoms in total. The minimum Gasteiger partial charge on any atom is -0.459 e. The van der Waals surface area contributed by atoms with Gasteiger partial charge in [-0.05, 0) is 87.4 Å². The minimum absolute atomic E-state index is 0.0677. The van der Waals surface area contributed by atoms with Crippen LogP contribution in [0.5, 0.6) is 0 Å². The van der Waals surface area contributed by atoms with Crippen molar-refractivity contribution >= 4 is 17.8 Å². The number of carbonyl (C=O) groups excluding carboxylic acids is 2. The van der Waals surface area contributed by atoms with Crippen molar-refractivity contribution in [3.05, 3.63) is 0 Å². The SMILES string of the molecule is N#CC1CC2CC2N1C(=O)CC12CC3CC(C1)CC(OC(=O)CCCCN=C(N)N)(C3)C2. The number of nitrogens with two attached hydrogens (primary N) is 2. The van der Waals surface area contributed by atoms with E-state index >= 15 is 0 Å². The molecule has 1 saturated heterocycles. The van der Waals surface area contributed by atoms with E-state index in [1.54, 1.807) is 0 Å². The minimum atomic E-state index is -0.400. The van der Waals surface area contributed by atoms with Crippen molar-refractivity contribution in [3.63, 3.8) is 0 Å². The average molecular weight is 442 g/mol. The van der Waals surface area contributed by atoms with Crippen molar-refractivity contribution in [2.45, 2.75) is 94.7 Å². The second-order valence-electron chi connectivity index (χ2n) is 11.3. The van der Waals surface area contributed by atoms with Crippen LogP contribution in [0, 0.1) is 34.5 Å². The van der Waals surface area contributed by atoms with E-state index in [1.165, 1.54) is 6.42 Å². The summed E-state index contributed by atoms with van der Waals surface area (Å²) >= 11 is 0. The Labute approximate surface area is 189 Å². The molecule has 0 aromatic rings. The molecule has 6 fully saturated rings. The summed E-state index contributed by atoms with van der Waals surface area (Å²) in [5, 5.41) is 9.50. The van der Waals surface area contributed by atoms with Crippen LogP contribution in [0.25, 0.3) is 0 Å². The van der Waals surface area contributed by atoms with Gasteiger partial charge in [0.1, 0.15) is 11.6 Å². The van der Waals surface area contributed by atoms with Gasteiger partial charge in [0.25, 0.3) is 0 Å². The highest BCUT2D eigenvalue weighted by atomic mass is 16.6. The molecule has 0 aromatic carbocycles. The smallest absolute Gasteiger partial charge is 0.306 e. The molecule has 174 valence electrons. The van der Waals surface area contributed by atoms with E-state index in [-0.39, 0.29) is 29.3 Å². The number of unbranched alkanes of at least 4 members (excludes halogenated alkanes) is 1. The molecule has 5 aliphatic carbocycles. The van der Waals surface area contributed by atoms with E-state index < -0.39 is 5.60 Å². The Bertz CT molecular complexity index is 846. The van der Waals surface area contributed by atoms with Crippen LogP contribution in [0.15, 0.2) is 4.99 Å². The van der Waals surface area contributed by atoms with Crippen molar-refractivity contribution < 1.29 is 14.3 Å². The van der Waals surface area contributed by atoms with Crippen molar-refractivity contribution in [1.29, 1.82) is 5.26 Å². The van der Waals surface area contributed by atoms with Crippen LogP contribution in [0.1, 0.15) is 77.0 Å². The number of fused-ring (bicyclic) bond motifs is 1. The molecule has 4 N–H and O–H groups in total. The number of nitrogens with zero attached hydrogens (tertiary/aromatic N) is 3. The van der Waals surface area contributed by atoms with Crippen molar-refractivity contribution in [2.75, 3.05) is 6.54 Å². The zero-order valence-corrected chi connectivity index (χ0v) is 18.8. The molecule has 0 radical (unpaired) electrons. The van der Waals surface area contributed by atoms with E-state index in [0.29, 0.717) is 49.6 Å². The van der Waals surface area contributed by atoms with E-state index in [4.69, 9.17) is 16.2 Å². The Morgan fingerprint density at radius 3 is 2.53 bits per heavy atom. The summed E-state index contributed by atoms with van der Waals surface area (Å²) in [6.07, 6.45) is 10.3. The third-order valence-electron chi connectivity index (χ3n) is 8.61. The van der Waals surface area contributed by atoms with Gasteiger partial charge in [-0.3, -0.25) is 14.6 Å². The predicted molar refractivity (Wildman–Crippen MR) is 118 cm³/mol. The second kappa shape index (κ2) is 7.93. The molecular formula is C24H35N5O3. The summed E-state index contributed by atoms with van der Waals surface area (Å²) in [7, 11) is 0. The van der Waals surface area contributed by atoms with E-state index in [1.807, 2.05) is 4.90 Å². The van der Waals surface area contributed by atoms with Gasteiger partial charge in [-0.15, -0.1) is 0 Å². The van der Waals surface area contributed by atoms with Gasteiger partial charge in [0.05, 0.1) is 6.07 Å². The molecule has 0 spiro atoms. The summed E-state index contributed by atoms with van der Waals surface area (Å²) < 4.78 is 6.18. The number of carbonyl (C=O) groups is 2. The van der Waals surface area contributed by atoms with Crippen LogP contribution < -0.4 is 11.5 Å². The monoisotopic (exact) mass is 441 g/mol. The zero-order chi connectivity index (χ0) is 22.5. The number of esters is 1. The lowest BCUT2D eigenvalue weighted by molar-refractivity contribution is -0.203. The van der Waals surface area contributed by atoms with Crippen LogP contribution in [0.4, 0.5) is 0 Å². The number of ether oxygens (including phenoxy) is 1. The molecule has 1 amide bonds. The van der Waals surface area contributed by atoms with Crippen molar-refractivity contribution in [2.24, 2.45) is 39.6 Å². The maximum atomic E-state index is 13.4. The Morgan fingerprint density at radius 2 is 1.84 bits per heavy atom. The maximum Gasteiger partial charge on any atom is 0.306 e. The van der Waals surface area contributed by atoms with Crippen molar-refractivity contribution in [3.8, 4) is 6.07 Å². The highest BCUT2D eigenvalue weighted by Gasteiger charge is 2.61. The summed E-state index contributed by atoms with van der Waals surface area (Å²) in [5.41, 5.74) is 10.2. The van der Waals surface area contributed by atoms with E-state index in [2.05, 4.69) is 11.1 Å². The third kappa shape index (κ3) is 4.06. The average Bonchev–Trinajstić information content (AvgIpc) is 3.34. The molecule has 32 heavy (non-hydrogen) atoms. The number of amides is 1.